The molecule has 1 aromatic carbocycles. The van der Waals surface area contributed by atoms with E-state index in [1.807, 2.05) is 11.6 Å². The van der Waals surface area contributed by atoms with Crippen molar-refractivity contribution in [3.8, 4) is 5.69 Å². The Morgan fingerprint density at radius 1 is 1.16 bits per heavy atom. The third-order valence-corrected chi connectivity index (χ3v) is 5.27. The lowest BCUT2D eigenvalue weighted by atomic mass is 10.1. The Hall–Kier alpha value is -1.65. The minimum Gasteiger partial charge on any atom is -0.377 e. The molecule has 0 N–H and O–H groups in total. The van der Waals surface area contributed by atoms with Gasteiger partial charge in [-0.25, -0.2) is 4.68 Å². The zero-order chi connectivity index (χ0) is 17.2. The number of nitrogens with zero attached hydrogens (tertiary/aromatic N) is 3. The molecule has 0 unspecified atom stereocenters. The summed E-state index contributed by atoms with van der Waals surface area (Å²) in [5.41, 5.74) is 4.77. The molecule has 2 heterocycles. The van der Waals surface area contributed by atoms with Gasteiger partial charge in [-0.1, -0.05) is 12.1 Å². The smallest absolute Gasteiger partial charge is 0.0702 e. The van der Waals surface area contributed by atoms with Crippen molar-refractivity contribution < 1.29 is 4.74 Å². The van der Waals surface area contributed by atoms with Gasteiger partial charge in [0.15, 0.2) is 0 Å². The van der Waals surface area contributed by atoms with E-state index in [4.69, 9.17) is 4.74 Å². The van der Waals surface area contributed by atoms with E-state index in [-0.39, 0.29) is 0 Å². The largest absolute Gasteiger partial charge is 0.377 e. The Morgan fingerprint density at radius 2 is 2.04 bits per heavy atom. The Morgan fingerprint density at radius 3 is 2.72 bits per heavy atom. The highest BCUT2D eigenvalue weighted by Gasteiger charge is 2.27. The summed E-state index contributed by atoms with van der Waals surface area (Å²) in [6.45, 7) is 8.39. The van der Waals surface area contributed by atoms with Crippen molar-refractivity contribution in [2.45, 2.75) is 52.2 Å². The fourth-order valence-electron chi connectivity index (χ4n) is 3.88. The van der Waals surface area contributed by atoms with Gasteiger partial charge < -0.3 is 4.74 Å². The van der Waals surface area contributed by atoms with Gasteiger partial charge in [-0.05, 0) is 69.2 Å². The SMILES string of the molecule is Cc1cc(C)n(-c2cccc(CN(CC3CC3)C[C@H]3CCCO3)c2)n1. The summed E-state index contributed by atoms with van der Waals surface area (Å²) in [6, 6.07) is 11.0. The molecule has 1 atom stereocenters. The maximum Gasteiger partial charge on any atom is 0.0702 e. The summed E-state index contributed by atoms with van der Waals surface area (Å²) < 4.78 is 7.92. The quantitative estimate of drug-likeness (QED) is 0.767. The van der Waals surface area contributed by atoms with Crippen molar-refractivity contribution >= 4 is 0 Å². The van der Waals surface area contributed by atoms with E-state index in [1.54, 1.807) is 0 Å². The lowest BCUT2D eigenvalue weighted by Gasteiger charge is -2.25. The highest BCUT2D eigenvalue weighted by Crippen LogP contribution is 2.31. The number of rotatable bonds is 7. The predicted molar refractivity (Wildman–Crippen MR) is 100 cm³/mol. The first-order valence-electron chi connectivity index (χ1n) is 9.64. The Balaban J connectivity index is 1.49. The summed E-state index contributed by atoms with van der Waals surface area (Å²) in [5.74, 6) is 0.903. The molecule has 4 rings (SSSR count). The molecular weight excluding hydrogens is 310 g/mol. The molecule has 1 aromatic heterocycles. The van der Waals surface area contributed by atoms with Crippen molar-refractivity contribution in [3.05, 3.63) is 47.3 Å². The van der Waals surface area contributed by atoms with Crippen LogP contribution in [-0.2, 0) is 11.3 Å². The van der Waals surface area contributed by atoms with E-state index in [0.717, 1.165) is 37.0 Å². The topological polar surface area (TPSA) is 30.3 Å². The van der Waals surface area contributed by atoms with E-state index >= 15 is 0 Å². The summed E-state index contributed by atoms with van der Waals surface area (Å²) in [4.78, 5) is 2.61. The molecule has 1 aliphatic carbocycles. The Labute approximate surface area is 150 Å². The van der Waals surface area contributed by atoms with Crippen LogP contribution in [0.5, 0.6) is 0 Å². The molecule has 0 amide bonds. The van der Waals surface area contributed by atoms with Gasteiger partial charge in [-0.3, -0.25) is 4.90 Å². The van der Waals surface area contributed by atoms with Gasteiger partial charge in [0.1, 0.15) is 0 Å². The van der Waals surface area contributed by atoms with Crippen LogP contribution in [-0.4, -0.2) is 40.5 Å². The fourth-order valence-corrected chi connectivity index (χ4v) is 3.88. The maximum absolute atomic E-state index is 5.88. The number of hydrogen-bond acceptors (Lipinski definition) is 3. The molecule has 2 fully saturated rings. The molecule has 0 spiro atoms. The fraction of sp³-hybridized carbons (Fsp3) is 0.571. The molecule has 1 aliphatic heterocycles. The normalized spacial score (nSPS) is 20.5. The minimum absolute atomic E-state index is 0.429. The number of aryl methyl sites for hydroxylation is 2. The van der Waals surface area contributed by atoms with E-state index in [9.17, 15) is 0 Å². The number of ether oxygens (including phenoxy) is 1. The molecular formula is C21H29N3O. The zero-order valence-corrected chi connectivity index (χ0v) is 15.4. The molecule has 1 saturated heterocycles. The second kappa shape index (κ2) is 7.30. The summed E-state index contributed by atoms with van der Waals surface area (Å²) in [5, 5.41) is 4.63. The summed E-state index contributed by atoms with van der Waals surface area (Å²) in [6.07, 6.45) is 5.65. The summed E-state index contributed by atoms with van der Waals surface area (Å²) >= 11 is 0. The third-order valence-electron chi connectivity index (χ3n) is 5.27. The van der Waals surface area contributed by atoms with Crippen LogP contribution < -0.4 is 0 Å². The van der Waals surface area contributed by atoms with Crippen molar-refractivity contribution in [1.82, 2.24) is 14.7 Å². The van der Waals surface area contributed by atoms with Crippen LogP contribution >= 0.6 is 0 Å². The van der Waals surface area contributed by atoms with E-state index < -0.39 is 0 Å². The Bertz CT molecular complexity index is 714. The highest BCUT2D eigenvalue weighted by atomic mass is 16.5. The number of benzene rings is 1. The van der Waals surface area contributed by atoms with Crippen LogP contribution in [0.4, 0.5) is 0 Å². The molecule has 25 heavy (non-hydrogen) atoms. The van der Waals surface area contributed by atoms with Gasteiger partial charge in [0.2, 0.25) is 0 Å². The molecule has 2 aliphatic rings. The lowest BCUT2D eigenvalue weighted by Crippen LogP contribution is -2.33. The van der Waals surface area contributed by atoms with Crippen molar-refractivity contribution in [1.29, 1.82) is 0 Å². The van der Waals surface area contributed by atoms with E-state index in [1.165, 1.54) is 43.5 Å². The molecule has 0 bridgehead atoms. The van der Waals surface area contributed by atoms with Gasteiger partial charge in [0.25, 0.3) is 0 Å². The summed E-state index contributed by atoms with van der Waals surface area (Å²) in [7, 11) is 0. The molecule has 134 valence electrons. The van der Waals surface area contributed by atoms with Crippen LogP contribution in [0.15, 0.2) is 30.3 Å². The predicted octanol–water partition coefficient (Wildman–Crippen LogP) is 3.88. The third kappa shape index (κ3) is 4.31. The standard InChI is InChI=1S/C21H29N3O/c1-16-11-17(2)24(22-16)20-6-3-5-19(12-20)14-23(13-18-8-9-18)15-21-7-4-10-25-21/h3,5-6,11-12,18,21H,4,7-10,13-15H2,1-2H3/t21-/m1/s1. The second-order valence-electron chi connectivity index (χ2n) is 7.78. The molecule has 1 saturated carbocycles. The second-order valence-corrected chi connectivity index (χ2v) is 7.78. The van der Waals surface area contributed by atoms with Gasteiger partial charge in [-0.15, -0.1) is 0 Å². The average molecular weight is 339 g/mol. The van der Waals surface area contributed by atoms with Gasteiger partial charge in [-0.2, -0.15) is 5.10 Å². The molecule has 0 radical (unpaired) electrons. The van der Waals surface area contributed by atoms with Crippen LogP contribution in [0.2, 0.25) is 0 Å². The maximum atomic E-state index is 5.88. The Kier molecular flexibility index (Phi) is 4.91. The lowest BCUT2D eigenvalue weighted by molar-refractivity contribution is 0.0689. The first-order chi connectivity index (χ1) is 12.2. The average Bonchev–Trinajstić information content (AvgIpc) is 3.11. The van der Waals surface area contributed by atoms with Crippen LogP contribution in [0.1, 0.15) is 42.6 Å². The monoisotopic (exact) mass is 339 g/mol. The van der Waals surface area contributed by atoms with Gasteiger partial charge in [0.05, 0.1) is 17.5 Å². The highest BCUT2D eigenvalue weighted by molar-refractivity contribution is 5.37. The van der Waals surface area contributed by atoms with Gasteiger partial charge >= 0.3 is 0 Å². The first kappa shape index (κ1) is 16.8. The number of hydrogen-bond donors (Lipinski definition) is 0. The van der Waals surface area contributed by atoms with Gasteiger partial charge in [0, 0.05) is 31.9 Å². The van der Waals surface area contributed by atoms with Crippen molar-refractivity contribution in [3.63, 3.8) is 0 Å². The number of aromatic nitrogens is 2. The first-order valence-corrected chi connectivity index (χ1v) is 9.64. The van der Waals surface area contributed by atoms with Crippen molar-refractivity contribution in [2.75, 3.05) is 19.7 Å². The van der Waals surface area contributed by atoms with Crippen LogP contribution in [0, 0.1) is 19.8 Å². The molecule has 4 heteroatoms. The van der Waals surface area contributed by atoms with E-state index in [0.29, 0.717) is 6.10 Å². The molecule has 4 nitrogen and oxygen atoms in total. The van der Waals surface area contributed by atoms with Crippen LogP contribution in [0.25, 0.3) is 5.69 Å². The zero-order valence-electron chi connectivity index (χ0n) is 15.4. The molecule has 2 aromatic rings. The van der Waals surface area contributed by atoms with Crippen LogP contribution in [0.3, 0.4) is 0 Å². The minimum atomic E-state index is 0.429. The van der Waals surface area contributed by atoms with Crippen molar-refractivity contribution in [2.24, 2.45) is 5.92 Å². The van der Waals surface area contributed by atoms with E-state index in [2.05, 4.69) is 47.3 Å².